The zero-order valence-corrected chi connectivity index (χ0v) is 13.4. The molecule has 2 aliphatic rings. The summed E-state index contributed by atoms with van der Waals surface area (Å²) in [6.07, 6.45) is 2.79. The van der Waals surface area contributed by atoms with Crippen LogP contribution in [0.1, 0.15) is 38.7 Å². The molecule has 2 fully saturated rings. The predicted octanol–water partition coefficient (Wildman–Crippen LogP) is 3.71. The molecule has 3 rings (SSSR count). The summed E-state index contributed by atoms with van der Waals surface area (Å²) in [6.45, 7) is 7.30. The maximum Gasteiger partial charge on any atom is 0.410 e. The van der Waals surface area contributed by atoms with Crippen LogP contribution < -0.4 is 0 Å². The highest BCUT2D eigenvalue weighted by atomic mass is 35.5. The normalized spacial score (nSPS) is 28.0. The van der Waals surface area contributed by atoms with Crippen molar-refractivity contribution in [3.8, 4) is 0 Å². The molecule has 1 saturated heterocycles. The number of pyridine rings is 1. The SMILES string of the molecule is CC(C)(C)OC(=O)N1CC2CC(c3ccc(Cl)nc3)C2C1. The Morgan fingerprint density at radius 1 is 1.38 bits per heavy atom. The van der Waals surface area contributed by atoms with E-state index < -0.39 is 5.60 Å². The van der Waals surface area contributed by atoms with E-state index in [0.29, 0.717) is 22.9 Å². The molecule has 2 heterocycles. The Morgan fingerprint density at radius 3 is 2.76 bits per heavy atom. The van der Waals surface area contributed by atoms with Gasteiger partial charge in [-0.2, -0.15) is 0 Å². The van der Waals surface area contributed by atoms with Crippen molar-refractivity contribution in [3.05, 3.63) is 29.0 Å². The molecule has 1 aliphatic heterocycles. The van der Waals surface area contributed by atoms with E-state index in [1.54, 1.807) is 0 Å². The fourth-order valence-electron chi connectivity index (χ4n) is 3.37. The van der Waals surface area contributed by atoms with Crippen LogP contribution in [0, 0.1) is 11.8 Å². The van der Waals surface area contributed by atoms with E-state index in [0.717, 1.165) is 19.5 Å². The van der Waals surface area contributed by atoms with Gasteiger partial charge in [0, 0.05) is 19.3 Å². The monoisotopic (exact) mass is 308 g/mol. The van der Waals surface area contributed by atoms with Crippen molar-refractivity contribution in [2.45, 2.75) is 38.7 Å². The van der Waals surface area contributed by atoms with Gasteiger partial charge in [-0.15, -0.1) is 0 Å². The van der Waals surface area contributed by atoms with Gasteiger partial charge >= 0.3 is 6.09 Å². The minimum atomic E-state index is -0.432. The van der Waals surface area contributed by atoms with Gasteiger partial charge in [0.25, 0.3) is 0 Å². The summed E-state index contributed by atoms with van der Waals surface area (Å²) < 4.78 is 5.46. The third-order valence-electron chi connectivity index (χ3n) is 4.40. The second-order valence-electron chi connectivity index (χ2n) is 7.07. The zero-order valence-electron chi connectivity index (χ0n) is 12.7. The molecule has 0 aromatic carbocycles. The number of ether oxygens (including phenoxy) is 1. The lowest BCUT2D eigenvalue weighted by Gasteiger charge is -2.39. The van der Waals surface area contributed by atoms with Gasteiger partial charge in [-0.3, -0.25) is 0 Å². The van der Waals surface area contributed by atoms with Gasteiger partial charge < -0.3 is 9.64 Å². The molecule has 21 heavy (non-hydrogen) atoms. The molecule has 3 unspecified atom stereocenters. The number of amides is 1. The predicted molar refractivity (Wildman–Crippen MR) is 81.4 cm³/mol. The third-order valence-corrected chi connectivity index (χ3v) is 4.62. The van der Waals surface area contributed by atoms with Crippen molar-refractivity contribution in [2.75, 3.05) is 13.1 Å². The number of rotatable bonds is 1. The van der Waals surface area contributed by atoms with Crippen molar-refractivity contribution in [1.82, 2.24) is 9.88 Å². The molecule has 0 radical (unpaired) electrons. The quantitative estimate of drug-likeness (QED) is 0.743. The first kappa shape index (κ1) is 14.6. The van der Waals surface area contributed by atoms with E-state index in [-0.39, 0.29) is 6.09 Å². The minimum Gasteiger partial charge on any atom is -0.444 e. The molecule has 1 aliphatic carbocycles. The number of fused-ring (bicyclic) bond motifs is 1. The minimum absolute atomic E-state index is 0.190. The topological polar surface area (TPSA) is 42.4 Å². The van der Waals surface area contributed by atoms with Crippen molar-refractivity contribution < 1.29 is 9.53 Å². The zero-order chi connectivity index (χ0) is 15.2. The highest BCUT2D eigenvalue weighted by Gasteiger charge is 2.49. The highest BCUT2D eigenvalue weighted by molar-refractivity contribution is 6.29. The number of halogens is 1. The maximum atomic E-state index is 12.1. The number of aromatic nitrogens is 1. The van der Waals surface area contributed by atoms with E-state index in [9.17, 15) is 4.79 Å². The molecular weight excluding hydrogens is 288 g/mol. The molecule has 1 amide bonds. The Labute approximate surface area is 130 Å². The molecule has 1 aromatic heterocycles. The van der Waals surface area contributed by atoms with E-state index >= 15 is 0 Å². The molecule has 0 bridgehead atoms. The molecule has 3 atom stereocenters. The summed E-state index contributed by atoms with van der Waals surface area (Å²) in [6, 6.07) is 3.89. The van der Waals surface area contributed by atoms with Crippen LogP contribution in [0.25, 0.3) is 0 Å². The van der Waals surface area contributed by atoms with Gasteiger partial charge in [0.05, 0.1) is 0 Å². The van der Waals surface area contributed by atoms with Gasteiger partial charge in [0.15, 0.2) is 0 Å². The van der Waals surface area contributed by atoms with Crippen LogP contribution >= 0.6 is 11.6 Å². The largest absolute Gasteiger partial charge is 0.444 e. The fraction of sp³-hybridized carbons (Fsp3) is 0.625. The lowest BCUT2D eigenvalue weighted by atomic mass is 9.64. The molecule has 4 nitrogen and oxygen atoms in total. The molecule has 5 heteroatoms. The molecule has 1 aromatic rings. The van der Waals surface area contributed by atoms with E-state index in [1.807, 2.05) is 44.0 Å². The van der Waals surface area contributed by atoms with Crippen molar-refractivity contribution in [1.29, 1.82) is 0 Å². The number of carbonyl (C=O) groups excluding carboxylic acids is 1. The van der Waals surface area contributed by atoms with Gasteiger partial charge in [0.1, 0.15) is 10.8 Å². The highest BCUT2D eigenvalue weighted by Crippen LogP contribution is 2.51. The summed E-state index contributed by atoms with van der Waals surface area (Å²) in [5, 5.41) is 0.524. The van der Waals surface area contributed by atoms with E-state index in [2.05, 4.69) is 4.98 Å². The first-order valence-electron chi connectivity index (χ1n) is 7.43. The van der Waals surface area contributed by atoms with Crippen LogP contribution in [0.2, 0.25) is 5.15 Å². The number of nitrogens with zero attached hydrogens (tertiary/aromatic N) is 2. The maximum absolute atomic E-state index is 12.1. The molecule has 114 valence electrons. The summed E-state index contributed by atoms with van der Waals surface area (Å²) in [5.74, 6) is 1.62. The lowest BCUT2D eigenvalue weighted by molar-refractivity contribution is 0.0288. The van der Waals surface area contributed by atoms with Crippen LogP contribution in [0.4, 0.5) is 4.79 Å². The van der Waals surface area contributed by atoms with Crippen molar-refractivity contribution in [3.63, 3.8) is 0 Å². The number of hydrogen-bond acceptors (Lipinski definition) is 3. The third kappa shape index (κ3) is 3.00. The molecular formula is C16H21ClN2O2. The van der Waals surface area contributed by atoms with Gasteiger partial charge in [-0.05, 0) is 56.6 Å². The van der Waals surface area contributed by atoms with Crippen LogP contribution in [0.5, 0.6) is 0 Å². The summed E-state index contributed by atoms with van der Waals surface area (Å²) in [4.78, 5) is 18.2. The second-order valence-corrected chi connectivity index (χ2v) is 7.45. The van der Waals surface area contributed by atoms with Crippen LogP contribution in [0.15, 0.2) is 18.3 Å². The number of hydrogen-bond donors (Lipinski definition) is 0. The smallest absolute Gasteiger partial charge is 0.410 e. The first-order valence-corrected chi connectivity index (χ1v) is 7.80. The van der Waals surface area contributed by atoms with Gasteiger partial charge in [-0.25, -0.2) is 9.78 Å². The first-order chi connectivity index (χ1) is 9.83. The van der Waals surface area contributed by atoms with Crippen LogP contribution in [-0.4, -0.2) is 34.7 Å². The Kier molecular flexibility index (Phi) is 3.60. The van der Waals surface area contributed by atoms with Crippen molar-refractivity contribution in [2.24, 2.45) is 11.8 Å². The summed E-state index contributed by atoms with van der Waals surface area (Å²) >= 11 is 5.83. The second kappa shape index (κ2) is 5.16. The summed E-state index contributed by atoms with van der Waals surface area (Å²) in [5.41, 5.74) is 0.796. The number of likely N-dealkylation sites (tertiary alicyclic amines) is 1. The number of carbonyl (C=O) groups is 1. The van der Waals surface area contributed by atoms with Gasteiger partial charge in [0.2, 0.25) is 0 Å². The molecule has 0 spiro atoms. The lowest BCUT2D eigenvalue weighted by Crippen LogP contribution is -2.35. The summed E-state index contributed by atoms with van der Waals surface area (Å²) in [7, 11) is 0. The standard InChI is InChI=1S/C16H21ClN2O2/c1-16(2,3)21-15(20)19-8-11-6-12(13(11)9-19)10-4-5-14(17)18-7-10/h4-5,7,11-13H,6,8-9H2,1-3H3. The van der Waals surface area contributed by atoms with Crippen LogP contribution in [-0.2, 0) is 4.74 Å². The Bertz CT molecular complexity index is 538. The molecule has 1 saturated carbocycles. The average molecular weight is 309 g/mol. The van der Waals surface area contributed by atoms with Crippen LogP contribution in [0.3, 0.4) is 0 Å². The molecule has 0 N–H and O–H groups in total. The Balaban J connectivity index is 1.63. The van der Waals surface area contributed by atoms with Crippen molar-refractivity contribution >= 4 is 17.7 Å². The van der Waals surface area contributed by atoms with E-state index in [1.165, 1.54) is 5.56 Å². The average Bonchev–Trinajstić information content (AvgIpc) is 2.68. The Morgan fingerprint density at radius 2 is 2.14 bits per heavy atom. The van der Waals surface area contributed by atoms with Gasteiger partial charge in [-0.1, -0.05) is 17.7 Å². The van der Waals surface area contributed by atoms with E-state index in [4.69, 9.17) is 16.3 Å². The Hall–Kier alpha value is -1.29. The fourth-order valence-corrected chi connectivity index (χ4v) is 3.48.